The van der Waals surface area contributed by atoms with E-state index >= 15 is 0 Å². The van der Waals surface area contributed by atoms with Crippen LogP contribution in [0.4, 0.5) is 5.69 Å². The molecule has 0 spiro atoms. The fraction of sp³-hybridized carbons (Fsp3) is 0.429. The Kier molecular flexibility index (Phi) is 3.27. The maximum Gasteiger partial charge on any atom is 0.231 e. The molecule has 2 aromatic rings. The summed E-state index contributed by atoms with van der Waals surface area (Å²) in [7, 11) is 0. The van der Waals surface area contributed by atoms with Gasteiger partial charge in [-0.3, -0.25) is 4.79 Å². The molecule has 1 amide bonds. The van der Waals surface area contributed by atoms with Gasteiger partial charge in [-0.25, -0.2) is 0 Å². The van der Waals surface area contributed by atoms with Crippen molar-refractivity contribution in [3.8, 4) is 0 Å². The van der Waals surface area contributed by atoms with Gasteiger partial charge in [0.15, 0.2) is 0 Å². The Morgan fingerprint density at radius 2 is 1.80 bits per heavy atom. The molecule has 0 heterocycles. The van der Waals surface area contributed by atoms with E-state index in [1.807, 2.05) is 42.5 Å². The molecule has 2 aliphatic rings. The lowest BCUT2D eigenvalue weighted by Gasteiger charge is -2.39. The largest absolute Gasteiger partial charge is 0.411 e. The van der Waals surface area contributed by atoms with E-state index in [0.29, 0.717) is 6.42 Å². The van der Waals surface area contributed by atoms with Gasteiger partial charge in [-0.1, -0.05) is 62.3 Å². The monoisotopic (exact) mass is 336 g/mol. The predicted molar refractivity (Wildman–Crippen MR) is 100.0 cm³/mol. The molecule has 25 heavy (non-hydrogen) atoms. The highest BCUT2D eigenvalue weighted by Gasteiger charge is 2.71. The Balaban J connectivity index is 1.74. The molecule has 0 aromatic heterocycles. The van der Waals surface area contributed by atoms with Gasteiger partial charge in [0.1, 0.15) is 0 Å². The molecule has 2 atom stereocenters. The molecule has 130 valence electrons. The normalized spacial score (nSPS) is 31.6. The molecule has 0 aliphatic heterocycles. The second kappa shape index (κ2) is 5.07. The average Bonchev–Trinajstić information content (AvgIpc) is 2.92. The Morgan fingerprint density at radius 1 is 1.08 bits per heavy atom. The number of hydrogen-bond acceptors (Lipinski definition) is 3. The number of amides is 1. The first-order chi connectivity index (χ1) is 11.9. The number of carbonyl (C=O) groups excluding carboxylic acids is 1. The molecule has 2 aliphatic carbocycles. The molecule has 0 saturated heterocycles. The van der Waals surface area contributed by atoms with Crippen LogP contribution in [0.2, 0.25) is 0 Å². The minimum Gasteiger partial charge on any atom is -0.411 e. The third kappa shape index (κ3) is 1.88. The van der Waals surface area contributed by atoms with Crippen LogP contribution in [-0.2, 0) is 4.79 Å². The summed E-state index contributed by atoms with van der Waals surface area (Å²) in [6, 6.07) is 14.0. The van der Waals surface area contributed by atoms with E-state index in [-0.39, 0.29) is 16.7 Å². The fourth-order valence-electron chi connectivity index (χ4n) is 5.11. The molecule has 2 unspecified atom stereocenters. The van der Waals surface area contributed by atoms with Crippen molar-refractivity contribution in [1.82, 2.24) is 0 Å². The summed E-state index contributed by atoms with van der Waals surface area (Å²) in [5, 5.41) is 18.4. The number of hydrogen-bond donors (Lipinski definition) is 2. The lowest BCUT2D eigenvalue weighted by Crippen LogP contribution is -2.43. The molecule has 0 radical (unpaired) electrons. The molecule has 4 heteroatoms. The second-order valence-electron chi connectivity index (χ2n) is 8.24. The smallest absolute Gasteiger partial charge is 0.231 e. The Hall–Kier alpha value is -2.36. The van der Waals surface area contributed by atoms with Crippen LogP contribution in [0.5, 0.6) is 0 Å². The zero-order valence-electron chi connectivity index (χ0n) is 15.0. The lowest BCUT2D eigenvalue weighted by atomic mass is 9.64. The quantitative estimate of drug-likeness (QED) is 0.610. The van der Waals surface area contributed by atoms with Crippen LogP contribution in [-0.4, -0.2) is 16.8 Å². The van der Waals surface area contributed by atoms with Crippen molar-refractivity contribution in [3.05, 3.63) is 42.5 Å². The van der Waals surface area contributed by atoms with Crippen molar-refractivity contribution in [1.29, 1.82) is 0 Å². The first-order valence-corrected chi connectivity index (χ1v) is 8.86. The van der Waals surface area contributed by atoms with Gasteiger partial charge in [-0.15, -0.1) is 0 Å². The number of nitrogens with zero attached hydrogens (tertiary/aromatic N) is 1. The molecular weight excluding hydrogens is 312 g/mol. The molecule has 4 rings (SSSR count). The van der Waals surface area contributed by atoms with E-state index in [2.05, 4.69) is 31.2 Å². The minimum atomic E-state index is -0.528. The third-order valence-electron chi connectivity index (χ3n) is 7.33. The van der Waals surface area contributed by atoms with Crippen LogP contribution >= 0.6 is 0 Å². The Morgan fingerprint density at radius 3 is 2.52 bits per heavy atom. The summed E-state index contributed by atoms with van der Waals surface area (Å²) in [5.41, 5.74) is 0.599. The van der Waals surface area contributed by atoms with Crippen molar-refractivity contribution < 1.29 is 10.0 Å². The van der Waals surface area contributed by atoms with Crippen LogP contribution < -0.4 is 5.32 Å². The first-order valence-electron chi connectivity index (χ1n) is 8.86. The van der Waals surface area contributed by atoms with Gasteiger partial charge in [0, 0.05) is 22.9 Å². The maximum absolute atomic E-state index is 13.4. The average molecular weight is 336 g/mol. The maximum atomic E-state index is 13.4. The number of fused-ring (bicyclic) bond motifs is 3. The highest BCUT2D eigenvalue weighted by molar-refractivity contribution is 6.09. The number of carbonyl (C=O) groups is 1. The van der Waals surface area contributed by atoms with E-state index in [1.54, 1.807) is 0 Å². The van der Waals surface area contributed by atoms with Gasteiger partial charge in [0.25, 0.3) is 0 Å². The SMILES string of the molecule is CC12CCC(C(=O)Nc3cccc4ccccc34)(C/C1=N\O)C2(C)C. The lowest BCUT2D eigenvalue weighted by molar-refractivity contribution is -0.130. The highest BCUT2D eigenvalue weighted by atomic mass is 16.4. The minimum absolute atomic E-state index is 0.0382. The molecule has 2 aromatic carbocycles. The van der Waals surface area contributed by atoms with Crippen LogP contribution in [0.15, 0.2) is 47.6 Å². The van der Waals surface area contributed by atoms with Crippen LogP contribution in [0.3, 0.4) is 0 Å². The zero-order chi connectivity index (χ0) is 17.9. The van der Waals surface area contributed by atoms with Gasteiger partial charge >= 0.3 is 0 Å². The zero-order valence-corrected chi connectivity index (χ0v) is 15.0. The van der Waals surface area contributed by atoms with Crippen molar-refractivity contribution in [2.45, 2.75) is 40.0 Å². The predicted octanol–water partition coefficient (Wildman–Crippen LogP) is 4.82. The van der Waals surface area contributed by atoms with E-state index in [9.17, 15) is 10.0 Å². The number of rotatable bonds is 2. The third-order valence-corrected chi connectivity index (χ3v) is 7.33. The van der Waals surface area contributed by atoms with Gasteiger partial charge in [0.05, 0.1) is 11.1 Å². The van der Waals surface area contributed by atoms with E-state index < -0.39 is 5.41 Å². The summed E-state index contributed by atoms with van der Waals surface area (Å²) >= 11 is 0. The summed E-state index contributed by atoms with van der Waals surface area (Å²) < 4.78 is 0. The van der Waals surface area contributed by atoms with Gasteiger partial charge in [-0.2, -0.15) is 0 Å². The van der Waals surface area contributed by atoms with Crippen LogP contribution in [0.25, 0.3) is 10.8 Å². The molecule has 2 saturated carbocycles. The first kappa shape index (κ1) is 16.1. The number of anilines is 1. The van der Waals surface area contributed by atoms with Crippen molar-refractivity contribution in [2.24, 2.45) is 21.4 Å². The summed E-state index contributed by atoms with van der Waals surface area (Å²) in [6.45, 7) is 6.41. The molecule has 2 bridgehead atoms. The van der Waals surface area contributed by atoms with Gasteiger partial charge in [0.2, 0.25) is 5.91 Å². The second-order valence-corrected chi connectivity index (χ2v) is 8.24. The van der Waals surface area contributed by atoms with Crippen molar-refractivity contribution in [2.75, 3.05) is 5.32 Å². The van der Waals surface area contributed by atoms with E-state index in [1.165, 1.54) is 0 Å². The number of nitrogens with one attached hydrogen (secondary N) is 1. The molecular formula is C21H24N2O2. The Bertz CT molecular complexity index is 896. The molecule has 2 N–H and O–H groups in total. The topological polar surface area (TPSA) is 61.7 Å². The van der Waals surface area contributed by atoms with E-state index in [0.717, 1.165) is 35.0 Å². The standard InChI is InChI=1S/C21H24N2O2/c1-19(2)20(3)11-12-21(19,13-17(20)23-25)18(24)22-16-10-6-8-14-7-4-5-9-15(14)16/h4-10,25H,11-13H2,1-3H3,(H,22,24)/b23-17+. The van der Waals surface area contributed by atoms with Crippen molar-refractivity contribution in [3.63, 3.8) is 0 Å². The molecule has 4 nitrogen and oxygen atoms in total. The van der Waals surface area contributed by atoms with E-state index in [4.69, 9.17) is 0 Å². The fourth-order valence-corrected chi connectivity index (χ4v) is 5.11. The summed E-state index contributed by atoms with van der Waals surface area (Å²) in [5.74, 6) is 0.0382. The number of benzene rings is 2. The van der Waals surface area contributed by atoms with Crippen molar-refractivity contribution >= 4 is 28.1 Å². The van der Waals surface area contributed by atoms with Gasteiger partial charge < -0.3 is 10.5 Å². The number of oxime groups is 1. The van der Waals surface area contributed by atoms with Crippen LogP contribution in [0, 0.1) is 16.2 Å². The van der Waals surface area contributed by atoms with Crippen LogP contribution in [0.1, 0.15) is 40.0 Å². The Labute approximate surface area is 147 Å². The van der Waals surface area contributed by atoms with Gasteiger partial charge in [-0.05, 0) is 29.7 Å². The summed E-state index contributed by atoms with van der Waals surface area (Å²) in [4.78, 5) is 13.4. The molecule has 2 fully saturated rings. The summed E-state index contributed by atoms with van der Waals surface area (Å²) in [6.07, 6.45) is 2.23. The highest BCUT2D eigenvalue weighted by Crippen LogP contribution is 2.71.